The van der Waals surface area contributed by atoms with Crippen molar-refractivity contribution in [2.24, 2.45) is 0 Å². The fraction of sp³-hybridized carbons (Fsp3) is 0.458. The number of hydrogen-bond donors (Lipinski definition) is 2. The van der Waals surface area contributed by atoms with Crippen LogP contribution in [0.3, 0.4) is 0 Å². The van der Waals surface area contributed by atoms with Gasteiger partial charge in [0.2, 0.25) is 0 Å². The van der Waals surface area contributed by atoms with E-state index in [0.717, 1.165) is 30.9 Å². The molecule has 0 saturated carbocycles. The predicted octanol–water partition coefficient (Wildman–Crippen LogP) is 3.32. The number of urea groups is 1. The summed E-state index contributed by atoms with van der Waals surface area (Å²) in [6.45, 7) is 1.88. The lowest BCUT2D eigenvalue weighted by atomic mass is 9.96. The van der Waals surface area contributed by atoms with Crippen LogP contribution in [-0.4, -0.2) is 48.3 Å². The summed E-state index contributed by atoms with van der Waals surface area (Å²) < 4.78 is 11.6. The van der Waals surface area contributed by atoms with Crippen LogP contribution >= 0.6 is 0 Å². The molecule has 2 bridgehead atoms. The number of piperidine rings is 1. The van der Waals surface area contributed by atoms with Crippen LogP contribution in [0.5, 0.6) is 11.5 Å². The first-order valence-electron chi connectivity index (χ1n) is 11.0. The molecule has 30 heavy (non-hydrogen) atoms. The second kappa shape index (κ2) is 8.56. The fourth-order valence-corrected chi connectivity index (χ4v) is 5.05. The minimum absolute atomic E-state index is 0.113. The van der Waals surface area contributed by atoms with Gasteiger partial charge in [0.15, 0.2) is 17.6 Å². The molecule has 3 aliphatic heterocycles. The van der Waals surface area contributed by atoms with Crippen molar-refractivity contribution >= 4 is 6.03 Å². The van der Waals surface area contributed by atoms with Crippen molar-refractivity contribution in [2.45, 2.75) is 56.5 Å². The molecule has 0 radical (unpaired) electrons. The molecule has 2 N–H and O–H groups in total. The molecule has 0 aliphatic carbocycles. The zero-order valence-corrected chi connectivity index (χ0v) is 17.1. The maximum atomic E-state index is 12.5. The Morgan fingerprint density at radius 3 is 2.43 bits per heavy atom. The minimum Gasteiger partial charge on any atom is -0.486 e. The van der Waals surface area contributed by atoms with E-state index >= 15 is 0 Å². The monoisotopic (exact) mass is 407 g/mol. The summed E-state index contributed by atoms with van der Waals surface area (Å²) in [5, 5.41) is 6.15. The Morgan fingerprint density at radius 2 is 1.67 bits per heavy atom. The highest BCUT2D eigenvalue weighted by Gasteiger charge is 2.40. The molecule has 2 fully saturated rings. The standard InChI is InChI=1S/C24H29N3O3/c28-24(25-14-21-16-29-22-8-4-5-9-23(22)30-21)26-18-12-19-10-11-20(13-18)27(19)15-17-6-2-1-3-7-17/h1-9,18-21H,10-16H2,(H2,25,26,28). The Labute approximate surface area is 177 Å². The van der Waals surface area contributed by atoms with Crippen LogP contribution in [0.15, 0.2) is 54.6 Å². The molecule has 6 nitrogen and oxygen atoms in total. The van der Waals surface area contributed by atoms with E-state index in [-0.39, 0.29) is 18.2 Å². The van der Waals surface area contributed by atoms with Crippen molar-refractivity contribution in [2.75, 3.05) is 13.2 Å². The van der Waals surface area contributed by atoms with Gasteiger partial charge >= 0.3 is 6.03 Å². The van der Waals surface area contributed by atoms with Crippen LogP contribution in [0.2, 0.25) is 0 Å². The SMILES string of the molecule is O=C(NCC1COc2ccccc2O1)NC1CC2CCC(C1)N2Cc1ccccc1. The summed E-state index contributed by atoms with van der Waals surface area (Å²) in [5.41, 5.74) is 1.37. The van der Waals surface area contributed by atoms with E-state index in [1.54, 1.807) is 0 Å². The molecule has 3 unspecified atom stereocenters. The smallest absolute Gasteiger partial charge is 0.315 e. The summed E-state index contributed by atoms with van der Waals surface area (Å²) >= 11 is 0. The number of carbonyl (C=O) groups excluding carboxylic acids is 1. The minimum atomic E-state index is -0.172. The van der Waals surface area contributed by atoms with Crippen molar-refractivity contribution in [3.63, 3.8) is 0 Å². The second-order valence-corrected chi connectivity index (χ2v) is 8.56. The first-order valence-corrected chi connectivity index (χ1v) is 11.0. The summed E-state index contributed by atoms with van der Waals surface area (Å²) in [5.74, 6) is 1.49. The van der Waals surface area contributed by atoms with Crippen molar-refractivity contribution in [1.29, 1.82) is 0 Å². The summed E-state index contributed by atoms with van der Waals surface area (Å²) in [7, 11) is 0. The van der Waals surface area contributed by atoms with Crippen molar-refractivity contribution in [3.05, 3.63) is 60.2 Å². The number of fused-ring (bicyclic) bond motifs is 3. The number of ether oxygens (including phenoxy) is 2. The van der Waals surface area contributed by atoms with Crippen LogP contribution < -0.4 is 20.1 Å². The van der Waals surface area contributed by atoms with Gasteiger partial charge in [-0.1, -0.05) is 42.5 Å². The molecule has 3 aliphatic rings. The summed E-state index contributed by atoms with van der Waals surface area (Å²) in [6.07, 6.45) is 4.32. The van der Waals surface area contributed by atoms with Crippen molar-refractivity contribution < 1.29 is 14.3 Å². The number of amides is 2. The van der Waals surface area contributed by atoms with Gasteiger partial charge in [0.1, 0.15) is 6.61 Å². The molecule has 5 rings (SSSR count). The van der Waals surface area contributed by atoms with E-state index in [1.165, 1.54) is 18.4 Å². The number of nitrogens with one attached hydrogen (secondary N) is 2. The maximum Gasteiger partial charge on any atom is 0.315 e. The molecule has 2 amide bonds. The zero-order valence-electron chi connectivity index (χ0n) is 17.1. The van der Waals surface area contributed by atoms with Crippen LogP contribution in [0.25, 0.3) is 0 Å². The number of rotatable bonds is 5. The van der Waals surface area contributed by atoms with E-state index in [4.69, 9.17) is 9.47 Å². The van der Waals surface area contributed by atoms with Crippen molar-refractivity contribution in [3.8, 4) is 11.5 Å². The van der Waals surface area contributed by atoms with Crippen LogP contribution in [0.4, 0.5) is 4.79 Å². The molecule has 158 valence electrons. The van der Waals surface area contributed by atoms with Gasteiger partial charge in [0, 0.05) is 24.7 Å². The Morgan fingerprint density at radius 1 is 0.967 bits per heavy atom. The zero-order chi connectivity index (χ0) is 20.3. The van der Waals surface area contributed by atoms with Gasteiger partial charge in [-0.05, 0) is 43.4 Å². The Hall–Kier alpha value is -2.73. The number of hydrogen-bond acceptors (Lipinski definition) is 4. The lowest BCUT2D eigenvalue weighted by Crippen LogP contribution is -2.53. The molecule has 6 heteroatoms. The maximum absolute atomic E-state index is 12.5. The van der Waals surface area contributed by atoms with E-state index in [1.807, 2.05) is 24.3 Å². The highest BCUT2D eigenvalue weighted by Crippen LogP contribution is 2.37. The highest BCUT2D eigenvalue weighted by molar-refractivity contribution is 5.74. The van der Waals surface area contributed by atoms with Gasteiger partial charge in [-0.3, -0.25) is 4.90 Å². The van der Waals surface area contributed by atoms with Gasteiger partial charge < -0.3 is 20.1 Å². The number of para-hydroxylation sites is 2. The summed E-state index contributed by atoms with van der Waals surface area (Å²) in [4.78, 5) is 15.1. The molecule has 2 aromatic carbocycles. The highest BCUT2D eigenvalue weighted by atomic mass is 16.6. The Kier molecular flexibility index (Phi) is 5.49. The van der Waals surface area contributed by atoms with E-state index in [0.29, 0.717) is 25.2 Å². The third-order valence-corrected chi connectivity index (χ3v) is 6.49. The topological polar surface area (TPSA) is 62.8 Å². The molecule has 2 aromatic rings. The van der Waals surface area contributed by atoms with Gasteiger partial charge in [0.25, 0.3) is 0 Å². The van der Waals surface area contributed by atoms with E-state index < -0.39 is 0 Å². The molecule has 3 heterocycles. The molecule has 3 atom stereocenters. The first kappa shape index (κ1) is 19.2. The fourth-order valence-electron chi connectivity index (χ4n) is 5.05. The van der Waals surface area contributed by atoms with Gasteiger partial charge in [-0.15, -0.1) is 0 Å². The molecular weight excluding hydrogens is 378 g/mol. The number of carbonyl (C=O) groups is 1. The van der Waals surface area contributed by atoms with Gasteiger partial charge in [-0.2, -0.15) is 0 Å². The van der Waals surface area contributed by atoms with Crippen LogP contribution in [0, 0.1) is 0 Å². The molecule has 2 saturated heterocycles. The molecular formula is C24H29N3O3. The lowest BCUT2D eigenvalue weighted by Gasteiger charge is -2.39. The average molecular weight is 408 g/mol. The predicted molar refractivity (Wildman–Crippen MR) is 115 cm³/mol. The number of benzene rings is 2. The van der Waals surface area contributed by atoms with Crippen LogP contribution in [-0.2, 0) is 6.54 Å². The lowest BCUT2D eigenvalue weighted by molar-refractivity contribution is 0.0904. The first-order chi connectivity index (χ1) is 14.7. The second-order valence-electron chi connectivity index (χ2n) is 8.56. The third kappa shape index (κ3) is 4.24. The van der Waals surface area contributed by atoms with Crippen molar-refractivity contribution in [1.82, 2.24) is 15.5 Å². The molecule has 0 spiro atoms. The average Bonchev–Trinajstić information content (AvgIpc) is 3.00. The normalized spacial score (nSPS) is 27.5. The van der Waals surface area contributed by atoms with Crippen LogP contribution in [0.1, 0.15) is 31.2 Å². The molecule has 0 aromatic heterocycles. The largest absolute Gasteiger partial charge is 0.486 e. The Bertz CT molecular complexity index is 861. The summed E-state index contributed by atoms with van der Waals surface area (Å²) in [6, 6.07) is 19.5. The van der Waals surface area contributed by atoms with Gasteiger partial charge in [0.05, 0.1) is 6.54 Å². The Balaban J connectivity index is 1.09. The van der Waals surface area contributed by atoms with Gasteiger partial charge in [-0.25, -0.2) is 4.79 Å². The quantitative estimate of drug-likeness (QED) is 0.798. The number of nitrogens with zero attached hydrogens (tertiary/aromatic N) is 1. The van der Waals surface area contributed by atoms with E-state index in [2.05, 4.69) is 45.9 Å². The van der Waals surface area contributed by atoms with E-state index in [9.17, 15) is 4.79 Å². The third-order valence-electron chi connectivity index (χ3n) is 6.49.